The molecule has 3 amide bonds. The molecule has 196 valence electrons. The Morgan fingerprint density at radius 1 is 1.26 bits per heavy atom. The molecule has 3 aliphatic rings. The number of likely N-dealkylation sites (tertiary alicyclic amines) is 1. The zero-order valence-electron chi connectivity index (χ0n) is 21.9. The molecule has 0 unspecified atom stereocenters. The van der Waals surface area contributed by atoms with E-state index >= 15 is 0 Å². The largest absolute Gasteiger partial charge is 0.450 e. The van der Waals surface area contributed by atoms with Gasteiger partial charge in [0, 0.05) is 33.3 Å². The Balaban J connectivity index is 1.64. The summed E-state index contributed by atoms with van der Waals surface area (Å²) in [6.45, 7) is 13.7. The second-order valence-corrected chi connectivity index (χ2v) is 19.0. The smallest absolute Gasteiger partial charge is 0.409 e. The van der Waals surface area contributed by atoms with Gasteiger partial charge >= 0.3 is 12.2 Å². The highest BCUT2D eigenvalue weighted by Gasteiger charge is 2.58. The average Bonchev–Trinajstić information content (AvgIpc) is 3.23. The van der Waals surface area contributed by atoms with Crippen LogP contribution in [0, 0.1) is 17.2 Å². The second-order valence-electron chi connectivity index (χ2n) is 12.1. The van der Waals surface area contributed by atoms with Crippen molar-refractivity contribution in [2.45, 2.75) is 94.7 Å². The Morgan fingerprint density at radius 3 is 2.49 bits per heavy atom. The number of hydrogen-bond donors (Lipinski definition) is 1. The lowest BCUT2D eigenvalue weighted by atomic mass is 9.81. The van der Waals surface area contributed by atoms with E-state index in [1.165, 1.54) is 0 Å². The summed E-state index contributed by atoms with van der Waals surface area (Å²) in [6.07, 6.45) is 1.49. The average molecular weight is 525 g/mol. The van der Waals surface area contributed by atoms with Crippen molar-refractivity contribution in [2.24, 2.45) is 5.92 Å². The number of nitriles is 1. The maximum Gasteiger partial charge on any atom is 0.409 e. The third-order valence-corrected chi connectivity index (χ3v) is 9.73. The van der Waals surface area contributed by atoms with Crippen LogP contribution in [0.2, 0.25) is 25.7 Å². The quantitative estimate of drug-likeness (QED) is 0.522. The van der Waals surface area contributed by atoms with Crippen LogP contribution in [0.25, 0.3) is 0 Å². The molecular formula is C24H40N4O5SSi. The fourth-order valence-corrected chi connectivity index (χ4v) is 7.06. The number of nitrogens with one attached hydrogen (secondary N) is 1. The van der Waals surface area contributed by atoms with Gasteiger partial charge in [-0.05, 0) is 52.0 Å². The summed E-state index contributed by atoms with van der Waals surface area (Å²) in [7, 11) is -1.26. The third kappa shape index (κ3) is 7.06. The Bertz CT molecular complexity index is 859. The normalized spacial score (nSPS) is 27.4. The fraction of sp³-hybridized carbons (Fsp3) is 0.833. The maximum absolute atomic E-state index is 13.6. The number of carbonyl (C=O) groups excluding carboxylic acids is 3. The number of rotatable bonds is 6. The number of amides is 3. The van der Waals surface area contributed by atoms with Gasteiger partial charge in [-0.2, -0.15) is 5.26 Å². The van der Waals surface area contributed by atoms with Gasteiger partial charge in [0.1, 0.15) is 17.2 Å². The number of hydrogen-bond acceptors (Lipinski definition) is 7. The summed E-state index contributed by atoms with van der Waals surface area (Å²) < 4.78 is 11.0. The molecule has 0 aromatic rings. The molecule has 3 heterocycles. The standard InChI is InChI=1S/C24H40N4O5SSi/c1-23(2,3)33-21(30)26-24(14-19-28(20(24)29)18(15-25)16-34-19)13-17-7-9-27(10-8-17)22(31)32-11-12-35(4,5)6/h17-19H,7-14,16H2,1-6H3,(H,26,30)/t18-,19+,24+/m1/s1. The highest BCUT2D eigenvalue weighted by atomic mass is 32.2. The van der Waals surface area contributed by atoms with Crippen LogP contribution in [0.3, 0.4) is 0 Å². The monoisotopic (exact) mass is 524 g/mol. The summed E-state index contributed by atoms with van der Waals surface area (Å²) in [5, 5.41) is 12.3. The molecule has 0 bridgehead atoms. The summed E-state index contributed by atoms with van der Waals surface area (Å²) in [5.74, 6) is 0.553. The van der Waals surface area contributed by atoms with E-state index in [-0.39, 0.29) is 23.3 Å². The third-order valence-electron chi connectivity index (χ3n) is 6.74. The Labute approximate surface area is 214 Å². The molecule has 3 fully saturated rings. The number of alkyl carbamates (subject to hydrolysis) is 1. The summed E-state index contributed by atoms with van der Waals surface area (Å²) >= 11 is 1.59. The van der Waals surface area contributed by atoms with Crippen LogP contribution in [-0.2, 0) is 14.3 Å². The highest BCUT2D eigenvalue weighted by Crippen LogP contribution is 2.45. The van der Waals surface area contributed by atoms with Crippen LogP contribution in [0.1, 0.15) is 46.5 Å². The van der Waals surface area contributed by atoms with E-state index in [1.54, 1.807) is 42.3 Å². The molecule has 9 nitrogen and oxygen atoms in total. The van der Waals surface area contributed by atoms with Gasteiger partial charge in [0.2, 0.25) is 0 Å². The minimum Gasteiger partial charge on any atom is -0.450 e. The molecule has 0 radical (unpaired) electrons. The van der Waals surface area contributed by atoms with Crippen LogP contribution in [0.15, 0.2) is 0 Å². The summed E-state index contributed by atoms with van der Waals surface area (Å²) in [4.78, 5) is 42.3. The molecule has 0 spiro atoms. The van der Waals surface area contributed by atoms with Gasteiger partial charge in [0.25, 0.3) is 5.91 Å². The molecule has 0 aromatic carbocycles. The number of ether oxygens (including phenoxy) is 2. The minimum atomic E-state index is -1.26. The zero-order chi connectivity index (χ0) is 26.0. The van der Waals surface area contributed by atoms with Crippen LogP contribution < -0.4 is 5.32 Å². The highest BCUT2D eigenvalue weighted by molar-refractivity contribution is 8.00. The second kappa shape index (κ2) is 10.6. The van der Waals surface area contributed by atoms with Gasteiger partial charge in [-0.1, -0.05) is 19.6 Å². The SMILES string of the molecule is CC(C)(C)OC(=O)N[C@@]1(CC2CCN(C(=O)OCC[Si](C)(C)C)CC2)C[C@@H]2SC[C@@H](C#N)N2C1=O. The lowest BCUT2D eigenvalue weighted by Crippen LogP contribution is -2.57. The van der Waals surface area contributed by atoms with Crippen molar-refractivity contribution in [2.75, 3.05) is 25.4 Å². The van der Waals surface area contributed by atoms with Gasteiger partial charge in [-0.15, -0.1) is 11.8 Å². The number of nitrogens with zero attached hydrogens (tertiary/aromatic N) is 3. The van der Waals surface area contributed by atoms with Gasteiger partial charge in [-0.25, -0.2) is 9.59 Å². The molecule has 3 atom stereocenters. The zero-order valence-corrected chi connectivity index (χ0v) is 23.7. The van der Waals surface area contributed by atoms with Gasteiger partial charge < -0.3 is 24.6 Å². The van der Waals surface area contributed by atoms with Gasteiger partial charge in [0.05, 0.1) is 18.0 Å². The molecular weight excluding hydrogens is 484 g/mol. The number of piperidine rings is 1. The van der Waals surface area contributed by atoms with E-state index in [0.717, 1.165) is 18.9 Å². The first kappa shape index (κ1) is 27.7. The minimum absolute atomic E-state index is 0.122. The maximum atomic E-state index is 13.6. The van der Waals surface area contributed by atoms with E-state index in [2.05, 4.69) is 31.0 Å². The molecule has 35 heavy (non-hydrogen) atoms. The lowest BCUT2D eigenvalue weighted by Gasteiger charge is -2.37. The summed E-state index contributed by atoms with van der Waals surface area (Å²) in [5.41, 5.74) is -1.78. The van der Waals surface area contributed by atoms with Crippen molar-refractivity contribution >= 4 is 37.9 Å². The molecule has 0 saturated carbocycles. The van der Waals surface area contributed by atoms with E-state index in [0.29, 0.717) is 38.3 Å². The van der Waals surface area contributed by atoms with E-state index < -0.39 is 31.3 Å². The fourth-order valence-electron chi connectivity index (χ4n) is 4.90. The topological polar surface area (TPSA) is 112 Å². The van der Waals surface area contributed by atoms with Crippen LogP contribution in [0.4, 0.5) is 9.59 Å². The Morgan fingerprint density at radius 2 is 1.91 bits per heavy atom. The predicted molar refractivity (Wildman–Crippen MR) is 138 cm³/mol. The number of carbonyl (C=O) groups is 3. The van der Waals surface area contributed by atoms with E-state index in [9.17, 15) is 19.6 Å². The van der Waals surface area contributed by atoms with Crippen molar-refractivity contribution in [1.29, 1.82) is 5.26 Å². The van der Waals surface area contributed by atoms with Crippen LogP contribution >= 0.6 is 11.8 Å². The lowest BCUT2D eigenvalue weighted by molar-refractivity contribution is -0.134. The Hall–Kier alpha value is -1.93. The van der Waals surface area contributed by atoms with Crippen molar-refractivity contribution in [3.05, 3.63) is 0 Å². The number of fused-ring (bicyclic) bond motifs is 1. The molecule has 3 rings (SSSR count). The van der Waals surface area contributed by atoms with Crippen molar-refractivity contribution in [1.82, 2.24) is 15.1 Å². The van der Waals surface area contributed by atoms with Crippen LogP contribution in [0.5, 0.6) is 0 Å². The van der Waals surface area contributed by atoms with Crippen molar-refractivity contribution in [3.8, 4) is 6.07 Å². The molecule has 11 heteroatoms. The number of thioether (sulfide) groups is 1. The van der Waals surface area contributed by atoms with Gasteiger partial charge in [0.15, 0.2) is 0 Å². The molecule has 3 saturated heterocycles. The Kier molecular flexibility index (Phi) is 8.36. The molecule has 3 aliphatic heterocycles. The molecule has 0 aromatic heterocycles. The van der Waals surface area contributed by atoms with Crippen LogP contribution in [-0.4, -0.2) is 84.0 Å². The first-order valence-electron chi connectivity index (χ1n) is 12.5. The predicted octanol–water partition coefficient (Wildman–Crippen LogP) is 4.02. The van der Waals surface area contributed by atoms with Crippen molar-refractivity contribution in [3.63, 3.8) is 0 Å². The first-order chi connectivity index (χ1) is 16.2. The van der Waals surface area contributed by atoms with Gasteiger partial charge in [-0.3, -0.25) is 4.79 Å². The molecule has 0 aliphatic carbocycles. The first-order valence-corrected chi connectivity index (χ1v) is 17.3. The summed E-state index contributed by atoms with van der Waals surface area (Å²) in [6, 6.07) is 2.69. The van der Waals surface area contributed by atoms with Crippen molar-refractivity contribution < 1.29 is 23.9 Å². The molecule has 1 N–H and O–H groups in total. The van der Waals surface area contributed by atoms with E-state index in [1.807, 2.05) is 0 Å². The van der Waals surface area contributed by atoms with E-state index in [4.69, 9.17) is 9.47 Å².